The molecule has 5 rings (SSSR count). The minimum atomic E-state index is 0.653. The molecule has 1 aromatic heterocycles. The van der Waals surface area contributed by atoms with E-state index in [1.807, 2.05) is 71.4 Å². The Morgan fingerprint density at radius 3 is 2.30 bits per heavy atom. The molecule has 148 valence electrons. The topological polar surface area (TPSA) is 39.4 Å². The second-order valence-corrected chi connectivity index (χ2v) is 8.34. The third-order valence-corrected chi connectivity index (χ3v) is 6.01. The summed E-state index contributed by atoms with van der Waals surface area (Å²) in [7, 11) is 0. The van der Waals surface area contributed by atoms with Gasteiger partial charge in [-0.3, -0.25) is 0 Å². The van der Waals surface area contributed by atoms with E-state index in [4.69, 9.17) is 21.4 Å². The molecule has 6 heteroatoms. The Balaban J connectivity index is 1.53. The van der Waals surface area contributed by atoms with Crippen LogP contribution < -0.4 is 0 Å². The predicted molar refractivity (Wildman–Crippen MR) is 122 cm³/mol. The van der Waals surface area contributed by atoms with E-state index in [1.165, 1.54) is 0 Å². The van der Waals surface area contributed by atoms with E-state index in [9.17, 15) is 0 Å². The van der Waals surface area contributed by atoms with Crippen molar-refractivity contribution in [2.45, 2.75) is 9.79 Å². The molecule has 0 saturated carbocycles. The van der Waals surface area contributed by atoms with Gasteiger partial charge in [0.2, 0.25) is 5.90 Å². The van der Waals surface area contributed by atoms with Crippen molar-refractivity contribution in [1.82, 2.24) is 9.78 Å². The SMILES string of the molecule is Clc1ccc(Sc2cn(-c3ccccc3)nc2-c2ccc(C3=NCCO3)cc2)cc1. The molecule has 0 unspecified atom stereocenters. The summed E-state index contributed by atoms with van der Waals surface area (Å²) in [4.78, 5) is 6.57. The van der Waals surface area contributed by atoms with E-state index in [2.05, 4.69) is 23.3 Å². The highest BCUT2D eigenvalue weighted by Gasteiger charge is 2.15. The third kappa shape index (κ3) is 3.99. The highest BCUT2D eigenvalue weighted by molar-refractivity contribution is 7.99. The molecule has 30 heavy (non-hydrogen) atoms. The zero-order chi connectivity index (χ0) is 20.3. The third-order valence-electron chi connectivity index (χ3n) is 4.73. The maximum absolute atomic E-state index is 6.05. The van der Waals surface area contributed by atoms with Gasteiger partial charge in [-0.05, 0) is 48.5 Å². The Hall–Kier alpha value is -3.02. The molecule has 0 fully saturated rings. The zero-order valence-corrected chi connectivity index (χ0v) is 17.6. The molecule has 0 spiro atoms. The molecule has 4 nitrogen and oxygen atoms in total. The van der Waals surface area contributed by atoms with Gasteiger partial charge in [0.25, 0.3) is 0 Å². The van der Waals surface area contributed by atoms with Crippen molar-refractivity contribution in [3.05, 3.63) is 95.6 Å². The van der Waals surface area contributed by atoms with Crippen LogP contribution in [0.2, 0.25) is 5.02 Å². The molecule has 0 N–H and O–H groups in total. The Kier molecular flexibility index (Phi) is 5.30. The number of ether oxygens (including phenoxy) is 1. The molecule has 3 aromatic carbocycles. The molecule has 0 aliphatic carbocycles. The molecule has 0 saturated heterocycles. The molecule has 2 heterocycles. The number of benzene rings is 3. The number of nitrogens with zero attached hydrogens (tertiary/aromatic N) is 3. The monoisotopic (exact) mass is 431 g/mol. The Labute approximate surface area is 184 Å². The summed E-state index contributed by atoms with van der Waals surface area (Å²) in [6, 6.07) is 26.2. The van der Waals surface area contributed by atoms with Crippen molar-refractivity contribution in [2.24, 2.45) is 4.99 Å². The Morgan fingerprint density at radius 1 is 0.867 bits per heavy atom. The van der Waals surface area contributed by atoms with Crippen LogP contribution >= 0.6 is 23.4 Å². The lowest BCUT2D eigenvalue weighted by Crippen LogP contribution is -2.00. The number of aliphatic imine (C=N–C) groups is 1. The van der Waals surface area contributed by atoms with E-state index in [0.717, 1.165) is 43.9 Å². The maximum Gasteiger partial charge on any atom is 0.216 e. The van der Waals surface area contributed by atoms with Crippen molar-refractivity contribution in [3.63, 3.8) is 0 Å². The maximum atomic E-state index is 6.05. The smallest absolute Gasteiger partial charge is 0.216 e. The molecule has 0 radical (unpaired) electrons. The zero-order valence-electron chi connectivity index (χ0n) is 16.0. The first-order valence-electron chi connectivity index (χ1n) is 9.63. The van der Waals surface area contributed by atoms with Crippen LogP contribution in [-0.2, 0) is 4.74 Å². The van der Waals surface area contributed by atoms with Crippen LogP contribution in [0.25, 0.3) is 16.9 Å². The van der Waals surface area contributed by atoms with Crippen LogP contribution in [-0.4, -0.2) is 28.8 Å². The summed E-state index contributed by atoms with van der Waals surface area (Å²) >= 11 is 7.72. The summed E-state index contributed by atoms with van der Waals surface area (Å²) in [5.74, 6) is 0.715. The summed E-state index contributed by atoms with van der Waals surface area (Å²) in [6.45, 7) is 1.38. The van der Waals surface area contributed by atoms with Crippen LogP contribution in [0.3, 0.4) is 0 Å². The van der Waals surface area contributed by atoms with Crippen LogP contribution in [0.15, 0.2) is 99.8 Å². The number of para-hydroxylation sites is 1. The Morgan fingerprint density at radius 2 is 1.60 bits per heavy atom. The average Bonchev–Trinajstić information content (AvgIpc) is 3.47. The minimum Gasteiger partial charge on any atom is -0.476 e. The fraction of sp³-hybridized carbons (Fsp3) is 0.0833. The number of aromatic nitrogens is 2. The first-order valence-corrected chi connectivity index (χ1v) is 10.8. The lowest BCUT2D eigenvalue weighted by molar-refractivity contribution is 0.348. The number of hydrogen-bond donors (Lipinski definition) is 0. The van der Waals surface area contributed by atoms with Gasteiger partial charge < -0.3 is 4.74 Å². The lowest BCUT2D eigenvalue weighted by Gasteiger charge is -2.05. The van der Waals surface area contributed by atoms with E-state index in [1.54, 1.807) is 11.8 Å². The summed E-state index contributed by atoms with van der Waals surface area (Å²) in [5, 5.41) is 5.63. The number of rotatable bonds is 5. The Bertz CT molecular complexity index is 1190. The molecule has 1 aliphatic heterocycles. The van der Waals surface area contributed by atoms with Crippen LogP contribution in [0, 0.1) is 0 Å². The van der Waals surface area contributed by atoms with E-state index >= 15 is 0 Å². The molecule has 0 atom stereocenters. The van der Waals surface area contributed by atoms with Crippen LogP contribution in [0.4, 0.5) is 0 Å². The molecule has 0 amide bonds. The van der Waals surface area contributed by atoms with Crippen molar-refractivity contribution < 1.29 is 4.74 Å². The first kappa shape index (κ1) is 19.0. The lowest BCUT2D eigenvalue weighted by atomic mass is 10.1. The predicted octanol–water partition coefficient (Wildman–Crippen LogP) is 6.12. The summed E-state index contributed by atoms with van der Waals surface area (Å²) < 4.78 is 7.50. The molecule has 1 aliphatic rings. The van der Waals surface area contributed by atoms with Crippen molar-refractivity contribution in [2.75, 3.05) is 13.2 Å². The molecule has 4 aromatic rings. The second-order valence-electron chi connectivity index (χ2n) is 6.79. The van der Waals surface area contributed by atoms with Crippen molar-refractivity contribution in [1.29, 1.82) is 0 Å². The fourth-order valence-electron chi connectivity index (χ4n) is 3.26. The van der Waals surface area contributed by atoms with Gasteiger partial charge in [0.1, 0.15) is 12.3 Å². The van der Waals surface area contributed by atoms with Gasteiger partial charge in [0, 0.05) is 27.2 Å². The number of halogens is 1. The quantitative estimate of drug-likeness (QED) is 0.382. The largest absolute Gasteiger partial charge is 0.476 e. The standard InChI is InChI=1S/C24H18ClN3OS/c25-19-10-12-21(13-11-19)30-22-16-28(20-4-2-1-3-5-20)27-23(22)17-6-8-18(9-7-17)24-26-14-15-29-24/h1-13,16H,14-15H2. The fourth-order valence-corrected chi connectivity index (χ4v) is 4.32. The average molecular weight is 432 g/mol. The number of hydrogen-bond acceptors (Lipinski definition) is 4. The van der Waals surface area contributed by atoms with Gasteiger partial charge >= 0.3 is 0 Å². The van der Waals surface area contributed by atoms with Crippen LogP contribution in [0.5, 0.6) is 0 Å². The minimum absolute atomic E-state index is 0.653. The van der Waals surface area contributed by atoms with Crippen molar-refractivity contribution >= 4 is 29.3 Å². The highest BCUT2D eigenvalue weighted by atomic mass is 35.5. The van der Waals surface area contributed by atoms with Gasteiger partial charge in [-0.25, -0.2) is 9.67 Å². The molecule has 0 bridgehead atoms. The normalized spacial score (nSPS) is 13.2. The highest BCUT2D eigenvalue weighted by Crippen LogP contribution is 2.36. The van der Waals surface area contributed by atoms with E-state index in [0.29, 0.717) is 12.5 Å². The van der Waals surface area contributed by atoms with Crippen LogP contribution in [0.1, 0.15) is 5.56 Å². The molecular formula is C24H18ClN3OS. The summed E-state index contributed by atoms with van der Waals surface area (Å²) in [5.41, 5.74) is 3.99. The second kappa shape index (κ2) is 8.38. The van der Waals surface area contributed by atoms with Gasteiger partial charge in [-0.15, -0.1) is 0 Å². The summed E-state index contributed by atoms with van der Waals surface area (Å²) in [6.07, 6.45) is 2.07. The molecular weight excluding hydrogens is 414 g/mol. The van der Waals surface area contributed by atoms with Gasteiger partial charge in [0.05, 0.1) is 17.1 Å². The van der Waals surface area contributed by atoms with Gasteiger partial charge in [-0.2, -0.15) is 5.10 Å². The first-order chi connectivity index (χ1) is 14.8. The van der Waals surface area contributed by atoms with Gasteiger partial charge in [0.15, 0.2) is 0 Å². The van der Waals surface area contributed by atoms with Crippen molar-refractivity contribution in [3.8, 4) is 16.9 Å². The van der Waals surface area contributed by atoms with Gasteiger partial charge in [-0.1, -0.05) is 53.7 Å². The van der Waals surface area contributed by atoms with E-state index in [-0.39, 0.29) is 0 Å². The van der Waals surface area contributed by atoms with E-state index < -0.39 is 0 Å².